The molecule has 1 atom stereocenters. The number of ether oxygens (including phenoxy) is 1. The normalized spacial score (nSPS) is 12.9. The van der Waals surface area contributed by atoms with Crippen LogP contribution in [0.5, 0.6) is 0 Å². The molecule has 1 aromatic heterocycles. The molecular formula is C11H16O3S. The molecule has 84 valence electrons. The summed E-state index contributed by atoms with van der Waals surface area (Å²) in [5.41, 5.74) is 0. The summed E-state index contributed by atoms with van der Waals surface area (Å²) >= 11 is 1.79. The van der Waals surface area contributed by atoms with Crippen LogP contribution in [-0.2, 0) is 4.74 Å². The van der Waals surface area contributed by atoms with Gasteiger partial charge in [-0.2, -0.15) is 0 Å². The van der Waals surface area contributed by atoms with Crippen molar-refractivity contribution in [3.05, 3.63) is 23.7 Å². The maximum atomic E-state index is 11.1. The summed E-state index contributed by atoms with van der Waals surface area (Å²) in [4.78, 5) is 11.1. The molecule has 0 N–H and O–H groups in total. The van der Waals surface area contributed by atoms with Crippen molar-refractivity contribution in [1.82, 2.24) is 0 Å². The first kappa shape index (κ1) is 12.2. The number of rotatable bonds is 4. The van der Waals surface area contributed by atoms with E-state index in [0.717, 1.165) is 5.76 Å². The lowest BCUT2D eigenvalue weighted by Gasteiger charge is -2.10. The molecule has 0 saturated carbocycles. The van der Waals surface area contributed by atoms with Gasteiger partial charge in [0.2, 0.25) is 5.76 Å². The molecule has 0 aliphatic rings. The summed E-state index contributed by atoms with van der Waals surface area (Å²) in [6, 6.07) is 3.48. The summed E-state index contributed by atoms with van der Waals surface area (Å²) in [6.45, 7) is 6.32. The number of methoxy groups -OCH3 is 1. The van der Waals surface area contributed by atoms with Crippen LogP contribution in [0, 0.1) is 0 Å². The molecule has 4 heteroatoms. The Morgan fingerprint density at radius 2 is 2.07 bits per heavy atom. The zero-order chi connectivity index (χ0) is 11.4. The summed E-state index contributed by atoms with van der Waals surface area (Å²) < 4.78 is 9.97. The van der Waals surface area contributed by atoms with Crippen LogP contribution in [0.1, 0.15) is 42.3 Å². The molecule has 0 spiro atoms. The molecule has 15 heavy (non-hydrogen) atoms. The average molecular weight is 228 g/mol. The van der Waals surface area contributed by atoms with E-state index in [9.17, 15) is 4.79 Å². The lowest BCUT2D eigenvalue weighted by Crippen LogP contribution is -1.98. The SMILES string of the molecule is COC(=O)c1ccc(C(C)SC(C)C)o1. The van der Waals surface area contributed by atoms with Crippen LogP contribution in [0.3, 0.4) is 0 Å². The molecule has 1 rings (SSSR count). The number of carbonyl (C=O) groups is 1. The Kier molecular flexibility index (Phi) is 4.27. The molecule has 0 amide bonds. The van der Waals surface area contributed by atoms with Gasteiger partial charge in [0.05, 0.1) is 12.4 Å². The smallest absolute Gasteiger partial charge is 0.373 e. The number of hydrogen-bond donors (Lipinski definition) is 0. The molecule has 0 aromatic carbocycles. The summed E-state index contributed by atoms with van der Waals surface area (Å²) in [5.74, 6) is 0.654. The van der Waals surface area contributed by atoms with Gasteiger partial charge in [-0.25, -0.2) is 4.79 Å². The third kappa shape index (κ3) is 3.30. The van der Waals surface area contributed by atoms with Crippen molar-refractivity contribution in [2.45, 2.75) is 31.3 Å². The maximum absolute atomic E-state index is 11.1. The fourth-order valence-electron chi connectivity index (χ4n) is 1.26. The Morgan fingerprint density at radius 1 is 1.40 bits per heavy atom. The standard InChI is InChI=1S/C11H16O3S/c1-7(2)15-8(3)9-5-6-10(14-9)11(12)13-4/h5-8H,1-4H3. The molecule has 3 nitrogen and oxygen atoms in total. The molecule has 0 aliphatic carbocycles. The van der Waals surface area contributed by atoms with E-state index in [1.165, 1.54) is 7.11 Å². The highest BCUT2D eigenvalue weighted by atomic mass is 32.2. The number of thioether (sulfide) groups is 1. The van der Waals surface area contributed by atoms with Crippen LogP contribution in [-0.4, -0.2) is 18.3 Å². The van der Waals surface area contributed by atoms with Gasteiger partial charge in [-0.15, -0.1) is 11.8 Å². The lowest BCUT2D eigenvalue weighted by molar-refractivity contribution is 0.0563. The third-order valence-electron chi connectivity index (χ3n) is 1.89. The fraction of sp³-hybridized carbons (Fsp3) is 0.545. The van der Waals surface area contributed by atoms with Gasteiger partial charge in [0.15, 0.2) is 0 Å². The lowest BCUT2D eigenvalue weighted by atomic mass is 10.3. The number of esters is 1. The van der Waals surface area contributed by atoms with Gasteiger partial charge in [0, 0.05) is 0 Å². The second kappa shape index (κ2) is 5.26. The van der Waals surface area contributed by atoms with E-state index >= 15 is 0 Å². The first-order valence-corrected chi connectivity index (χ1v) is 5.82. The minimum absolute atomic E-state index is 0.253. The maximum Gasteiger partial charge on any atom is 0.373 e. The van der Waals surface area contributed by atoms with E-state index in [1.54, 1.807) is 17.8 Å². The van der Waals surface area contributed by atoms with E-state index < -0.39 is 5.97 Å². The van der Waals surface area contributed by atoms with Crippen LogP contribution in [0.15, 0.2) is 16.5 Å². The molecule has 0 fully saturated rings. The van der Waals surface area contributed by atoms with Crippen LogP contribution < -0.4 is 0 Å². The fourth-order valence-corrected chi connectivity index (χ4v) is 2.33. The van der Waals surface area contributed by atoms with Crippen LogP contribution in [0.25, 0.3) is 0 Å². The zero-order valence-corrected chi connectivity index (χ0v) is 10.3. The molecule has 0 aliphatic heterocycles. The van der Waals surface area contributed by atoms with Crippen molar-refractivity contribution in [2.75, 3.05) is 7.11 Å². The topological polar surface area (TPSA) is 39.4 Å². The zero-order valence-electron chi connectivity index (χ0n) is 9.44. The van der Waals surface area contributed by atoms with E-state index in [2.05, 4.69) is 25.5 Å². The van der Waals surface area contributed by atoms with E-state index in [4.69, 9.17) is 4.42 Å². The summed E-state index contributed by atoms with van der Waals surface area (Å²) in [5, 5.41) is 0.787. The minimum atomic E-state index is -0.428. The Labute approximate surface area is 94.2 Å². The van der Waals surface area contributed by atoms with Gasteiger partial charge in [0.1, 0.15) is 5.76 Å². The highest BCUT2D eigenvalue weighted by Gasteiger charge is 2.16. The summed E-state index contributed by atoms with van der Waals surface area (Å²) in [7, 11) is 1.34. The summed E-state index contributed by atoms with van der Waals surface area (Å²) in [6.07, 6.45) is 0. The van der Waals surface area contributed by atoms with Gasteiger partial charge in [0.25, 0.3) is 0 Å². The van der Waals surface area contributed by atoms with Gasteiger partial charge in [-0.05, 0) is 24.3 Å². The first-order chi connectivity index (χ1) is 7.04. The van der Waals surface area contributed by atoms with Crippen molar-refractivity contribution in [2.24, 2.45) is 0 Å². The minimum Gasteiger partial charge on any atom is -0.463 e. The van der Waals surface area contributed by atoms with Crippen molar-refractivity contribution in [3.8, 4) is 0 Å². The van der Waals surface area contributed by atoms with Crippen LogP contribution in [0.4, 0.5) is 0 Å². The van der Waals surface area contributed by atoms with E-state index in [-0.39, 0.29) is 11.0 Å². The van der Waals surface area contributed by atoms with Crippen molar-refractivity contribution in [1.29, 1.82) is 0 Å². The quantitative estimate of drug-likeness (QED) is 0.741. The molecular weight excluding hydrogens is 212 g/mol. The monoisotopic (exact) mass is 228 g/mol. The van der Waals surface area contributed by atoms with Crippen LogP contribution >= 0.6 is 11.8 Å². The second-order valence-electron chi connectivity index (χ2n) is 3.52. The second-order valence-corrected chi connectivity index (χ2v) is 5.44. The highest BCUT2D eigenvalue weighted by Crippen LogP contribution is 2.32. The Morgan fingerprint density at radius 3 is 2.60 bits per heavy atom. The van der Waals surface area contributed by atoms with Gasteiger partial charge >= 0.3 is 5.97 Å². The molecule has 1 heterocycles. The van der Waals surface area contributed by atoms with E-state index in [1.807, 2.05) is 6.07 Å². The molecule has 1 unspecified atom stereocenters. The first-order valence-electron chi connectivity index (χ1n) is 4.88. The highest BCUT2D eigenvalue weighted by molar-refractivity contribution is 8.00. The predicted molar refractivity (Wildman–Crippen MR) is 61.2 cm³/mol. The molecule has 0 bridgehead atoms. The predicted octanol–water partition coefficient (Wildman–Crippen LogP) is 3.27. The van der Waals surface area contributed by atoms with Crippen molar-refractivity contribution >= 4 is 17.7 Å². The Balaban J connectivity index is 2.71. The van der Waals surface area contributed by atoms with Crippen LogP contribution in [0.2, 0.25) is 0 Å². The van der Waals surface area contributed by atoms with Crippen molar-refractivity contribution in [3.63, 3.8) is 0 Å². The number of carbonyl (C=O) groups excluding carboxylic acids is 1. The number of hydrogen-bond acceptors (Lipinski definition) is 4. The average Bonchev–Trinajstić information content (AvgIpc) is 2.64. The van der Waals surface area contributed by atoms with Crippen molar-refractivity contribution < 1.29 is 13.9 Å². The van der Waals surface area contributed by atoms with Gasteiger partial charge < -0.3 is 9.15 Å². The Hall–Kier alpha value is -0.900. The molecule has 1 aromatic rings. The number of furan rings is 1. The molecule has 0 saturated heterocycles. The largest absolute Gasteiger partial charge is 0.463 e. The third-order valence-corrected chi connectivity index (χ3v) is 3.08. The van der Waals surface area contributed by atoms with Gasteiger partial charge in [-0.1, -0.05) is 13.8 Å². The molecule has 0 radical (unpaired) electrons. The Bertz CT molecular complexity index is 330. The van der Waals surface area contributed by atoms with E-state index in [0.29, 0.717) is 5.25 Å². The van der Waals surface area contributed by atoms with Gasteiger partial charge in [-0.3, -0.25) is 0 Å².